The van der Waals surface area contributed by atoms with Crippen LogP contribution in [-0.4, -0.2) is 63.3 Å². The van der Waals surface area contributed by atoms with Crippen molar-refractivity contribution in [3.05, 3.63) is 35.4 Å². The van der Waals surface area contributed by atoms with Crippen LogP contribution in [0, 0.1) is 11.6 Å². The zero-order valence-corrected chi connectivity index (χ0v) is 15.5. The van der Waals surface area contributed by atoms with Crippen molar-refractivity contribution in [3.8, 4) is 0 Å². The summed E-state index contributed by atoms with van der Waals surface area (Å²) >= 11 is 0. The van der Waals surface area contributed by atoms with E-state index in [1.54, 1.807) is 14.2 Å². The molecule has 1 aliphatic heterocycles. The number of nitrogens with one attached hydrogen (secondary N) is 2. The Balaban J connectivity index is 1.47. The Bertz CT molecular complexity index is 612. The number of likely N-dealkylation sites (tertiary alicyclic amines) is 1. The van der Waals surface area contributed by atoms with Gasteiger partial charge in [0.2, 0.25) is 0 Å². The summed E-state index contributed by atoms with van der Waals surface area (Å²) in [5.41, 5.74) is 0.187. The van der Waals surface area contributed by atoms with Crippen molar-refractivity contribution < 1.29 is 13.5 Å². The zero-order chi connectivity index (χ0) is 18.5. The highest BCUT2D eigenvalue weighted by molar-refractivity contribution is 5.80. The van der Waals surface area contributed by atoms with E-state index in [4.69, 9.17) is 4.74 Å². The number of halogens is 2. The second-order valence-electron chi connectivity index (χ2n) is 7.05. The Morgan fingerprint density at radius 1 is 1.23 bits per heavy atom. The largest absolute Gasteiger partial charge is 0.383 e. The number of aliphatic imine (C=N–C) groups is 1. The van der Waals surface area contributed by atoms with Crippen LogP contribution in [0.25, 0.3) is 0 Å². The highest BCUT2D eigenvalue weighted by Crippen LogP contribution is 2.43. The van der Waals surface area contributed by atoms with E-state index >= 15 is 0 Å². The van der Waals surface area contributed by atoms with Crippen LogP contribution in [0.4, 0.5) is 8.78 Å². The van der Waals surface area contributed by atoms with Gasteiger partial charge < -0.3 is 20.3 Å². The number of hydrogen-bond donors (Lipinski definition) is 2. The number of hydrogen-bond acceptors (Lipinski definition) is 3. The summed E-state index contributed by atoms with van der Waals surface area (Å²) in [4.78, 5) is 6.68. The molecule has 1 aromatic rings. The topological polar surface area (TPSA) is 48.9 Å². The van der Waals surface area contributed by atoms with Crippen molar-refractivity contribution in [1.82, 2.24) is 15.5 Å². The molecule has 1 aromatic carbocycles. The molecule has 0 spiro atoms. The zero-order valence-electron chi connectivity index (χ0n) is 15.5. The molecule has 144 valence electrons. The number of benzene rings is 1. The molecule has 2 aliphatic rings. The molecule has 2 atom stereocenters. The van der Waals surface area contributed by atoms with Crippen molar-refractivity contribution in [2.75, 3.05) is 40.4 Å². The summed E-state index contributed by atoms with van der Waals surface area (Å²) in [7, 11) is 3.45. The maximum absolute atomic E-state index is 13.9. The molecule has 0 bridgehead atoms. The molecule has 1 saturated heterocycles. The van der Waals surface area contributed by atoms with E-state index in [1.165, 1.54) is 18.2 Å². The molecule has 0 aromatic heterocycles. The van der Waals surface area contributed by atoms with Gasteiger partial charge in [-0.3, -0.25) is 4.99 Å². The van der Waals surface area contributed by atoms with E-state index in [9.17, 15) is 8.78 Å². The van der Waals surface area contributed by atoms with Crippen LogP contribution >= 0.6 is 0 Å². The molecule has 1 heterocycles. The summed E-state index contributed by atoms with van der Waals surface area (Å²) in [5.74, 6) is -0.355. The van der Waals surface area contributed by atoms with Crippen LogP contribution < -0.4 is 10.6 Å². The Hall–Kier alpha value is -1.73. The quantitative estimate of drug-likeness (QED) is 0.598. The number of rotatable bonds is 6. The van der Waals surface area contributed by atoms with Gasteiger partial charge in [-0.15, -0.1) is 0 Å². The highest BCUT2D eigenvalue weighted by Gasteiger charge is 2.42. The molecule has 1 saturated carbocycles. The molecule has 7 heteroatoms. The lowest BCUT2D eigenvalue weighted by atomic mass is 10.1. The second-order valence-corrected chi connectivity index (χ2v) is 7.05. The van der Waals surface area contributed by atoms with Gasteiger partial charge in [0, 0.05) is 57.4 Å². The molecule has 0 radical (unpaired) electrons. The normalized spacial score (nSPS) is 24.5. The van der Waals surface area contributed by atoms with E-state index in [1.807, 2.05) is 0 Å². The van der Waals surface area contributed by atoms with Gasteiger partial charge in [0.25, 0.3) is 0 Å². The van der Waals surface area contributed by atoms with Crippen LogP contribution in [-0.2, 0) is 4.74 Å². The first-order chi connectivity index (χ1) is 12.6. The predicted molar refractivity (Wildman–Crippen MR) is 98.5 cm³/mol. The summed E-state index contributed by atoms with van der Waals surface area (Å²) in [6.45, 7) is 3.79. The molecule has 5 nitrogen and oxygen atoms in total. The third-order valence-electron chi connectivity index (χ3n) is 5.25. The van der Waals surface area contributed by atoms with E-state index in [2.05, 4.69) is 20.5 Å². The van der Waals surface area contributed by atoms with Crippen LogP contribution in [0.1, 0.15) is 30.7 Å². The van der Waals surface area contributed by atoms with E-state index in [-0.39, 0.29) is 17.5 Å². The average Bonchev–Trinajstić information content (AvgIpc) is 3.39. The molecule has 1 aliphatic carbocycles. The van der Waals surface area contributed by atoms with Gasteiger partial charge in [-0.25, -0.2) is 8.78 Å². The van der Waals surface area contributed by atoms with Gasteiger partial charge in [-0.2, -0.15) is 0 Å². The van der Waals surface area contributed by atoms with Crippen LogP contribution in [0.15, 0.2) is 23.2 Å². The fourth-order valence-electron chi connectivity index (χ4n) is 3.60. The lowest BCUT2D eigenvalue weighted by Crippen LogP contribution is -2.49. The molecule has 3 rings (SSSR count). The average molecular weight is 366 g/mol. The maximum atomic E-state index is 13.9. The first kappa shape index (κ1) is 19.0. The minimum atomic E-state index is -0.467. The van der Waals surface area contributed by atoms with Gasteiger partial charge in [-0.1, -0.05) is 6.07 Å². The lowest BCUT2D eigenvalue weighted by Gasteiger charge is -2.32. The minimum Gasteiger partial charge on any atom is -0.383 e. The summed E-state index contributed by atoms with van der Waals surface area (Å²) < 4.78 is 32.9. The molecule has 2 unspecified atom stereocenters. The Labute approximate surface area is 153 Å². The van der Waals surface area contributed by atoms with Crippen LogP contribution in [0.2, 0.25) is 0 Å². The standard InChI is InChI=1S/C19H28F2N4O/c1-22-19(23-13-6-8-25(9-7-13)10-11-26-2)24-17-12-14(17)18-15(20)4-3-5-16(18)21/h3-5,13-14,17H,6-12H2,1-2H3,(H2,22,23,24). The highest BCUT2D eigenvalue weighted by atomic mass is 19.1. The third-order valence-corrected chi connectivity index (χ3v) is 5.25. The third kappa shape index (κ3) is 4.71. The molecular weight excluding hydrogens is 338 g/mol. The number of nitrogens with zero attached hydrogens (tertiary/aromatic N) is 2. The van der Waals surface area contributed by atoms with E-state index < -0.39 is 11.6 Å². The summed E-state index contributed by atoms with van der Waals surface area (Å²) in [6, 6.07) is 4.42. The predicted octanol–water partition coefficient (Wildman–Crippen LogP) is 2.10. The lowest BCUT2D eigenvalue weighted by molar-refractivity contribution is 0.128. The molecule has 26 heavy (non-hydrogen) atoms. The molecule has 2 fully saturated rings. The van der Waals surface area contributed by atoms with Crippen molar-refractivity contribution >= 4 is 5.96 Å². The molecular formula is C19H28F2N4O. The van der Waals surface area contributed by atoms with Gasteiger partial charge in [0.1, 0.15) is 11.6 Å². The molecule has 0 amide bonds. The Kier molecular flexibility index (Phi) is 6.43. The monoisotopic (exact) mass is 366 g/mol. The number of piperidine rings is 1. The van der Waals surface area contributed by atoms with E-state index in [0.29, 0.717) is 18.4 Å². The minimum absolute atomic E-state index is 0.0226. The smallest absolute Gasteiger partial charge is 0.191 e. The Morgan fingerprint density at radius 3 is 2.54 bits per heavy atom. The first-order valence-corrected chi connectivity index (χ1v) is 9.27. The van der Waals surface area contributed by atoms with Gasteiger partial charge in [0.05, 0.1) is 6.61 Å². The van der Waals surface area contributed by atoms with Crippen molar-refractivity contribution in [1.29, 1.82) is 0 Å². The van der Waals surface area contributed by atoms with Crippen LogP contribution in [0.3, 0.4) is 0 Å². The van der Waals surface area contributed by atoms with Crippen molar-refractivity contribution in [2.45, 2.75) is 37.3 Å². The van der Waals surface area contributed by atoms with E-state index in [0.717, 1.165) is 39.1 Å². The fourth-order valence-corrected chi connectivity index (χ4v) is 3.60. The molecule has 2 N–H and O–H groups in total. The van der Waals surface area contributed by atoms with Crippen molar-refractivity contribution in [3.63, 3.8) is 0 Å². The SMILES string of the molecule is CN=C(NC1CCN(CCOC)CC1)NC1CC1c1c(F)cccc1F. The second kappa shape index (κ2) is 8.77. The Morgan fingerprint density at radius 2 is 1.92 bits per heavy atom. The summed E-state index contributed by atoms with van der Waals surface area (Å²) in [5, 5.41) is 6.76. The van der Waals surface area contributed by atoms with Crippen molar-refractivity contribution in [2.24, 2.45) is 4.99 Å². The van der Waals surface area contributed by atoms with Gasteiger partial charge in [0.15, 0.2) is 5.96 Å². The fraction of sp³-hybridized carbons (Fsp3) is 0.632. The first-order valence-electron chi connectivity index (χ1n) is 9.27. The summed E-state index contributed by atoms with van der Waals surface area (Å²) in [6.07, 6.45) is 2.80. The van der Waals surface area contributed by atoms with Gasteiger partial charge >= 0.3 is 0 Å². The van der Waals surface area contributed by atoms with Crippen LogP contribution in [0.5, 0.6) is 0 Å². The van der Waals surface area contributed by atoms with Gasteiger partial charge in [-0.05, 0) is 31.4 Å². The maximum Gasteiger partial charge on any atom is 0.191 e. The number of methoxy groups -OCH3 is 1. The number of ether oxygens (including phenoxy) is 1. The number of guanidine groups is 1.